The fraction of sp³-hybridized carbons (Fsp3) is 1.00. The zero-order valence-electron chi connectivity index (χ0n) is 15.2. The van der Waals surface area contributed by atoms with Crippen molar-refractivity contribution in [3.8, 4) is 0 Å². The molecule has 2 atom stereocenters. The zero-order chi connectivity index (χ0) is 15.7. The standard InChI is InChI=1S/C19H40N2/c1-5-7-8-15-21(17(3)4)19(16-20)13-9-11-18(10-6-2)12-14-19/h17-18H,5-16,20H2,1-4H3. The Labute approximate surface area is 133 Å². The van der Waals surface area contributed by atoms with E-state index in [1.54, 1.807) is 0 Å². The molecule has 21 heavy (non-hydrogen) atoms. The smallest absolute Gasteiger partial charge is 0.0334 e. The molecule has 0 heterocycles. The van der Waals surface area contributed by atoms with Gasteiger partial charge in [-0.15, -0.1) is 0 Å². The highest BCUT2D eigenvalue weighted by Gasteiger charge is 2.38. The average molecular weight is 297 g/mol. The third kappa shape index (κ3) is 5.56. The van der Waals surface area contributed by atoms with Gasteiger partial charge in [-0.25, -0.2) is 0 Å². The summed E-state index contributed by atoms with van der Waals surface area (Å²) in [5.74, 6) is 0.952. The molecule has 0 aliphatic heterocycles. The van der Waals surface area contributed by atoms with Crippen molar-refractivity contribution in [3.63, 3.8) is 0 Å². The molecular formula is C19H40N2. The second kappa shape index (κ2) is 9.84. The van der Waals surface area contributed by atoms with Gasteiger partial charge in [-0.1, -0.05) is 52.4 Å². The van der Waals surface area contributed by atoms with Crippen LogP contribution in [0.25, 0.3) is 0 Å². The van der Waals surface area contributed by atoms with Gasteiger partial charge in [0.15, 0.2) is 0 Å². The van der Waals surface area contributed by atoms with Gasteiger partial charge >= 0.3 is 0 Å². The molecule has 0 aromatic heterocycles. The first kappa shape index (κ1) is 19.0. The first-order valence-corrected chi connectivity index (χ1v) is 9.56. The van der Waals surface area contributed by atoms with E-state index in [2.05, 4.69) is 32.6 Å². The van der Waals surface area contributed by atoms with Crippen molar-refractivity contribution < 1.29 is 0 Å². The Morgan fingerprint density at radius 3 is 2.43 bits per heavy atom. The lowest BCUT2D eigenvalue weighted by Crippen LogP contribution is -2.56. The Hall–Kier alpha value is -0.0800. The lowest BCUT2D eigenvalue weighted by atomic mass is 9.85. The molecule has 2 heteroatoms. The maximum absolute atomic E-state index is 6.33. The van der Waals surface area contributed by atoms with E-state index in [-0.39, 0.29) is 5.54 Å². The van der Waals surface area contributed by atoms with Crippen molar-refractivity contribution in [1.82, 2.24) is 4.90 Å². The van der Waals surface area contributed by atoms with E-state index in [0.29, 0.717) is 6.04 Å². The fourth-order valence-electron chi connectivity index (χ4n) is 4.34. The van der Waals surface area contributed by atoms with Crippen LogP contribution in [0.5, 0.6) is 0 Å². The summed E-state index contributed by atoms with van der Waals surface area (Å²) in [6.45, 7) is 11.4. The third-order valence-corrected chi connectivity index (χ3v) is 5.58. The molecule has 1 aliphatic carbocycles. The minimum atomic E-state index is 0.282. The number of rotatable bonds is 9. The zero-order valence-corrected chi connectivity index (χ0v) is 15.2. The van der Waals surface area contributed by atoms with E-state index in [1.165, 1.54) is 70.8 Å². The van der Waals surface area contributed by atoms with Crippen molar-refractivity contribution in [2.75, 3.05) is 13.1 Å². The van der Waals surface area contributed by atoms with Gasteiger partial charge in [-0.05, 0) is 52.0 Å². The fourth-order valence-corrected chi connectivity index (χ4v) is 4.34. The summed E-state index contributed by atoms with van der Waals surface area (Å²) >= 11 is 0. The van der Waals surface area contributed by atoms with E-state index >= 15 is 0 Å². The molecule has 126 valence electrons. The second-order valence-corrected chi connectivity index (χ2v) is 7.51. The third-order valence-electron chi connectivity index (χ3n) is 5.58. The summed E-state index contributed by atoms with van der Waals surface area (Å²) in [5.41, 5.74) is 6.61. The van der Waals surface area contributed by atoms with Crippen LogP contribution < -0.4 is 5.73 Å². The first-order valence-electron chi connectivity index (χ1n) is 9.56. The molecule has 0 spiro atoms. The Bertz CT molecular complexity index is 264. The SMILES string of the molecule is CCCCCN(C(C)C)C1(CN)CCCC(CCC)CC1. The van der Waals surface area contributed by atoms with Crippen LogP contribution in [0.3, 0.4) is 0 Å². The van der Waals surface area contributed by atoms with Crippen LogP contribution in [-0.2, 0) is 0 Å². The van der Waals surface area contributed by atoms with Crippen molar-refractivity contribution in [3.05, 3.63) is 0 Å². The molecule has 0 aromatic rings. The van der Waals surface area contributed by atoms with Crippen molar-refractivity contribution >= 4 is 0 Å². The molecule has 2 unspecified atom stereocenters. The van der Waals surface area contributed by atoms with Crippen LogP contribution in [0, 0.1) is 5.92 Å². The summed E-state index contributed by atoms with van der Waals surface area (Å²) in [6, 6.07) is 0.619. The molecule has 1 rings (SSSR count). The highest BCUT2D eigenvalue weighted by Crippen LogP contribution is 2.37. The molecule has 1 fully saturated rings. The van der Waals surface area contributed by atoms with E-state index in [0.717, 1.165) is 12.5 Å². The van der Waals surface area contributed by atoms with Crippen LogP contribution >= 0.6 is 0 Å². The van der Waals surface area contributed by atoms with Gasteiger partial charge in [0.1, 0.15) is 0 Å². The quantitative estimate of drug-likeness (QED) is 0.481. The van der Waals surface area contributed by atoms with Crippen molar-refractivity contribution in [2.24, 2.45) is 11.7 Å². The lowest BCUT2D eigenvalue weighted by Gasteiger charge is -2.46. The second-order valence-electron chi connectivity index (χ2n) is 7.51. The van der Waals surface area contributed by atoms with Gasteiger partial charge in [0, 0.05) is 18.1 Å². The maximum atomic E-state index is 6.33. The summed E-state index contributed by atoms with van der Waals surface area (Å²) in [6.07, 6.45) is 13.6. The minimum absolute atomic E-state index is 0.282. The van der Waals surface area contributed by atoms with Gasteiger partial charge in [0.05, 0.1) is 0 Å². The molecule has 0 aromatic carbocycles. The predicted octanol–water partition coefficient (Wildman–Crippen LogP) is 4.96. The molecule has 1 saturated carbocycles. The molecule has 2 N–H and O–H groups in total. The van der Waals surface area contributed by atoms with Crippen molar-refractivity contribution in [1.29, 1.82) is 0 Å². The van der Waals surface area contributed by atoms with Gasteiger partial charge in [0.2, 0.25) is 0 Å². The summed E-state index contributed by atoms with van der Waals surface area (Å²) in [4.78, 5) is 2.76. The first-order chi connectivity index (χ1) is 10.1. The number of unbranched alkanes of at least 4 members (excludes halogenated alkanes) is 2. The number of nitrogens with zero attached hydrogens (tertiary/aromatic N) is 1. The van der Waals surface area contributed by atoms with Gasteiger partial charge in [0.25, 0.3) is 0 Å². The van der Waals surface area contributed by atoms with Crippen LogP contribution in [0.1, 0.15) is 91.9 Å². The molecule has 0 amide bonds. The van der Waals surface area contributed by atoms with E-state index in [9.17, 15) is 0 Å². The molecule has 0 radical (unpaired) electrons. The summed E-state index contributed by atoms with van der Waals surface area (Å²) in [5, 5.41) is 0. The number of hydrogen-bond donors (Lipinski definition) is 1. The summed E-state index contributed by atoms with van der Waals surface area (Å²) in [7, 11) is 0. The van der Waals surface area contributed by atoms with Crippen LogP contribution in [0.15, 0.2) is 0 Å². The summed E-state index contributed by atoms with van der Waals surface area (Å²) < 4.78 is 0. The highest BCUT2D eigenvalue weighted by atomic mass is 15.2. The van der Waals surface area contributed by atoms with E-state index in [1.807, 2.05) is 0 Å². The van der Waals surface area contributed by atoms with Crippen LogP contribution in [-0.4, -0.2) is 29.6 Å². The molecule has 2 nitrogen and oxygen atoms in total. The normalized spacial score (nSPS) is 27.3. The topological polar surface area (TPSA) is 29.3 Å². The van der Waals surface area contributed by atoms with Crippen LogP contribution in [0.2, 0.25) is 0 Å². The van der Waals surface area contributed by atoms with Crippen LogP contribution in [0.4, 0.5) is 0 Å². The minimum Gasteiger partial charge on any atom is -0.329 e. The van der Waals surface area contributed by atoms with E-state index < -0.39 is 0 Å². The molecule has 1 aliphatic rings. The van der Waals surface area contributed by atoms with Gasteiger partial charge < -0.3 is 5.73 Å². The molecule has 0 bridgehead atoms. The Morgan fingerprint density at radius 1 is 1.10 bits per heavy atom. The largest absolute Gasteiger partial charge is 0.329 e. The Kier molecular flexibility index (Phi) is 8.89. The number of hydrogen-bond acceptors (Lipinski definition) is 2. The van der Waals surface area contributed by atoms with Crippen molar-refractivity contribution in [2.45, 2.75) is 103 Å². The van der Waals surface area contributed by atoms with Gasteiger partial charge in [-0.2, -0.15) is 0 Å². The van der Waals surface area contributed by atoms with E-state index in [4.69, 9.17) is 5.73 Å². The predicted molar refractivity (Wildman–Crippen MR) is 94.6 cm³/mol. The highest BCUT2D eigenvalue weighted by molar-refractivity contribution is 4.95. The lowest BCUT2D eigenvalue weighted by molar-refractivity contribution is 0.0451. The van der Waals surface area contributed by atoms with Gasteiger partial charge in [-0.3, -0.25) is 4.90 Å². The maximum Gasteiger partial charge on any atom is 0.0334 e. The molecular weight excluding hydrogens is 256 g/mol. The average Bonchev–Trinajstić information content (AvgIpc) is 2.67. The monoisotopic (exact) mass is 296 g/mol. The number of nitrogens with two attached hydrogens (primary N) is 1. The Balaban J connectivity index is 2.74. The Morgan fingerprint density at radius 2 is 1.86 bits per heavy atom. The molecule has 0 saturated heterocycles.